The third kappa shape index (κ3) is 5.46. The van der Waals surface area contributed by atoms with Crippen molar-refractivity contribution in [3.63, 3.8) is 0 Å². The molecular formula is C25H26ClN5O3. The lowest BCUT2D eigenvalue weighted by Crippen LogP contribution is -2.32. The summed E-state index contributed by atoms with van der Waals surface area (Å²) in [6.45, 7) is 6.68. The summed E-state index contributed by atoms with van der Waals surface area (Å²) in [6.07, 6.45) is 0. The van der Waals surface area contributed by atoms with Gasteiger partial charge in [0.1, 0.15) is 12.4 Å². The molecule has 0 saturated carbocycles. The van der Waals surface area contributed by atoms with Crippen molar-refractivity contribution in [1.29, 1.82) is 0 Å². The van der Waals surface area contributed by atoms with E-state index in [2.05, 4.69) is 34.5 Å². The van der Waals surface area contributed by atoms with Gasteiger partial charge >= 0.3 is 0 Å². The first-order valence-corrected chi connectivity index (χ1v) is 11.4. The van der Waals surface area contributed by atoms with E-state index in [-0.39, 0.29) is 19.1 Å². The number of carbonyl (C=O) groups excluding carboxylic acids is 1. The Morgan fingerprint density at radius 3 is 2.71 bits per heavy atom. The number of aryl methyl sites for hydroxylation is 1. The first-order valence-electron chi connectivity index (χ1n) is 11.0. The molecule has 0 saturated heterocycles. The lowest BCUT2D eigenvalue weighted by atomic mass is 10.0. The van der Waals surface area contributed by atoms with Crippen molar-refractivity contribution < 1.29 is 14.3 Å². The van der Waals surface area contributed by atoms with Gasteiger partial charge in [0.2, 0.25) is 5.88 Å². The average molecular weight is 480 g/mol. The predicted octanol–water partition coefficient (Wildman–Crippen LogP) is 4.45. The highest BCUT2D eigenvalue weighted by atomic mass is 35.5. The molecule has 0 radical (unpaired) electrons. The quantitative estimate of drug-likeness (QED) is 0.357. The van der Waals surface area contributed by atoms with E-state index in [9.17, 15) is 4.79 Å². The molecule has 0 unspecified atom stereocenters. The highest BCUT2D eigenvalue weighted by molar-refractivity contribution is 6.33. The van der Waals surface area contributed by atoms with E-state index in [4.69, 9.17) is 21.1 Å². The molecule has 0 spiro atoms. The Labute approximate surface area is 202 Å². The van der Waals surface area contributed by atoms with Crippen LogP contribution in [0.2, 0.25) is 5.02 Å². The minimum Gasteiger partial charge on any atom is -0.483 e. The van der Waals surface area contributed by atoms with Crippen molar-refractivity contribution in [2.75, 3.05) is 19.8 Å². The molecule has 0 atom stereocenters. The normalized spacial score (nSPS) is 11.1. The first kappa shape index (κ1) is 23.5. The van der Waals surface area contributed by atoms with Crippen LogP contribution in [0.25, 0.3) is 17.0 Å². The van der Waals surface area contributed by atoms with Crippen molar-refractivity contribution >= 4 is 23.2 Å². The highest BCUT2D eigenvalue weighted by Crippen LogP contribution is 2.28. The Bertz CT molecular complexity index is 1300. The van der Waals surface area contributed by atoms with Crippen LogP contribution in [0, 0.1) is 6.92 Å². The molecular weight excluding hydrogens is 454 g/mol. The van der Waals surface area contributed by atoms with Gasteiger partial charge in [-0.05, 0) is 48.2 Å². The van der Waals surface area contributed by atoms with Crippen LogP contribution in [0.5, 0.6) is 11.6 Å². The fourth-order valence-corrected chi connectivity index (χ4v) is 3.66. The molecule has 8 nitrogen and oxygen atoms in total. The molecule has 0 aliphatic heterocycles. The number of nitrogens with one attached hydrogen (secondary N) is 1. The maximum atomic E-state index is 12.2. The number of ether oxygens (including phenoxy) is 2. The fraction of sp³-hybridized carbons (Fsp3) is 0.280. The Kier molecular flexibility index (Phi) is 7.27. The van der Waals surface area contributed by atoms with E-state index in [0.717, 1.165) is 22.4 Å². The zero-order valence-electron chi connectivity index (χ0n) is 19.3. The molecule has 0 aliphatic carbocycles. The van der Waals surface area contributed by atoms with Crippen LogP contribution >= 0.6 is 11.6 Å². The van der Waals surface area contributed by atoms with Gasteiger partial charge in [0.25, 0.3) is 5.91 Å². The number of nitrogens with zero attached hydrogens (tertiary/aromatic N) is 4. The number of fused-ring (bicyclic) bond motifs is 1. The lowest BCUT2D eigenvalue weighted by Gasteiger charge is -2.15. The number of amides is 1. The Balaban J connectivity index is 1.31. The summed E-state index contributed by atoms with van der Waals surface area (Å²) in [4.78, 5) is 12.2. The van der Waals surface area contributed by atoms with Crippen molar-refractivity contribution in [1.82, 2.24) is 25.1 Å². The molecule has 176 valence electrons. The molecule has 0 fully saturated rings. The topological polar surface area (TPSA) is 90.6 Å². The summed E-state index contributed by atoms with van der Waals surface area (Å²) in [5, 5.41) is 16.1. The minimum atomic E-state index is -0.219. The summed E-state index contributed by atoms with van der Waals surface area (Å²) in [5.74, 6) is 1.73. The summed E-state index contributed by atoms with van der Waals surface area (Å²) in [7, 11) is 0. The van der Waals surface area contributed by atoms with Gasteiger partial charge in [0.05, 0.1) is 11.6 Å². The molecule has 2 aromatic carbocycles. The predicted molar refractivity (Wildman–Crippen MR) is 130 cm³/mol. The Hall–Kier alpha value is -3.65. The Morgan fingerprint density at radius 2 is 1.91 bits per heavy atom. The van der Waals surface area contributed by atoms with Gasteiger partial charge in [-0.2, -0.15) is 4.52 Å². The largest absolute Gasteiger partial charge is 0.483 e. The fourth-order valence-electron chi connectivity index (χ4n) is 3.44. The molecule has 34 heavy (non-hydrogen) atoms. The monoisotopic (exact) mass is 479 g/mol. The summed E-state index contributed by atoms with van der Waals surface area (Å²) < 4.78 is 13.1. The van der Waals surface area contributed by atoms with Gasteiger partial charge in [-0.1, -0.05) is 49.7 Å². The molecule has 0 aliphatic rings. The number of hydrogen-bond acceptors (Lipinski definition) is 6. The molecule has 1 amide bonds. The van der Waals surface area contributed by atoms with Crippen LogP contribution in [-0.4, -0.2) is 45.5 Å². The number of halogens is 1. The molecule has 2 heterocycles. The molecule has 9 heteroatoms. The maximum absolute atomic E-state index is 12.2. The SMILES string of the molecule is Cc1ccc(C(C)C)c(OCC(=O)NCCOc2ccc3nnc(-c4ccccc4Cl)n3n2)c1. The average Bonchev–Trinajstić information content (AvgIpc) is 3.24. The van der Waals surface area contributed by atoms with E-state index in [1.807, 2.05) is 43.3 Å². The molecule has 1 N–H and O–H groups in total. The van der Waals surface area contributed by atoms with Gasteiger partial charge in [-0.3, -0.25) is 4.79 Å². The van der Waals surface area contributed by atoms with Crippen LogP contribution in [-0.2, 0) is 4.79 Å². The number of hydrogen-bond donors (Lipinski definition) is 1. The highest BCUT2D eigenvalue weighted by Gasteiger charge is 2.13. The second-order valence-corrected chi connectivity index (χ2v) is 8.54. The van der Waals surface area contributed by atoms with Gasteiger partial charge < -0.3 is 14.8 Å². The van der Waals surface area contributed by atoms with Crippen LogP contribution < -0.4 is 14.8 Å². The number of benzene rings is 2. The van der Waals surface area contributed by atoms with E-state index >= 15 is 0 Å². The van der Waals surface area contributed by atoms with E-state index < -0.39 is 0 Å². The maximum Gasteiger partial charge on any atom is 0.258 e. The smallest absolute Gasteiger partial charge is 0.258 e. The first-order chi connectivity index (χ1) is 16.4. The molecule has 2 aromatic heterocycles. The number of aromatic nitrogens is 4. The third-order valence-corrected chi connectivity index (χ3v) is 5.51. The van der Waals surface area contributed by atoms with Crippen LogP contribution in [0.1, 0.15) is 30.9 Å². The van der Waals surface area contributed by atoms with Gasteiger partial charge in [-0.15, -0.1) is 15.3 Å². The standard InChI is InChI=1S/C25H26ClN5O3/c1-16(2)18-9-8-17(3)14-21(18)34-15-23(32)27-12-13-33-24-11-10-22-28-29-25(31(22)30-24)19-6-4-5-7-20(19)26/h4-11,14,16H,12-13,15H2,1-3H3,(H,27,32). The van der Waals surface area contributed by atoms with Crippen molar-refractivity contribution in [3.05, 3.63) is 70.7 Å². The number of carbonyl (C=O) groups is 1. The van der Waals surface area contributed by atoms with Crippen LogP contribution in [0.3, 0.4) is 0 Å². The van der Waals surface area contributed by atoms with Crippen LogP contribution in [0.15, 0.2) is 54.6 Å². The van der Waals surface area contributed by atoms with Gasteiger partial charge in [-0.25, -0.2) is 0 Å². The zero-order chi connectivity index (χ0) is 24.1. The Morgan fingerprint density at radius 1 is 1.09 bits per heavy atom. The summed E-state index contributed by atoms with van der Waals surface area (Å²) >= 11 is 6.29. The van der Waals surface area contributed by atoms with E-state index in [1.54, 1.807) is 22.7 Å². The molecule has 0 bridgehead atoms. The second-order valence-electron chi connectivity index (χ2n) is 8.13. The van der Waals surface area contributed by atoms with Crippen molar-refractivity contribution in [2.45, 2.75) is 26.7 Å². The molecule has 4 rings (SSSR count). The summed E-state index contributed by atoms with van der Waals surface area (Å²) in [6, 6.07) is 16.9. The molecule has 4 aromatic rings. The van der Waals surface area contributed by atoms with Gasteiger partial charge in [0.15, 0.2) is 18.1 Å². The van der Waals surface area contributed by atoms with E-state index in [1.165, 1.54) is 0 Å². The third-order valence-electron chi connectivity index (χ3n) is 5.18. The lowest BCUT2D eigenvalue weighted by molar-refractivity contribution is -0.123. The van der Waals surface area contributed by atoms with Crippen molar-refractivity contribution in [2.24, 2.45) is 0 Å². The van der Waals surface area contributed by atoms with Crippen molar-refractivity contribution in [3.8, 4) is 23.0 Å². The number of rotatable bonds is 9. The second kappa shape index (κ2) is 10.5. The van der Waals surface area contributed by atoms with Gasteiger partial charge in [0, 0.05) is 11.6 Å². The van der Waals surface area contributed by atoms with E-state index in [0.29, 0.717) is 34.8 Å². The zero-order valence-corrected chi connectivity index (χ0v) is 20.0. The summed E-state index contributed by atoms with van der Waals surface area (Å²) in [5.41, 5.74) is 3.46. The minimum absolute atomic E-state index is 0.0602. The van der Waals surface area contributed by atoms with Crippen LogP contribution in [0.4, 0.5) is 0 Å².